The van der Waals surface area contributed by atoms with Crippen LogP contribution >= 0.6 is 0 Å². The van der Waals surface area contributed by atoms with Crippen molar-refractivity contribution in [2.45, 2.75) is 32.9 Å². The van der Waals surface area contributed by atoms with Crippen LogP contribution in [0.5, 0.6) is 5.88 Å². The monoisotopic (exact) mass is 472 g/mol. The van der Waals surface area contributed by atoms with Gasteiger partial charge in [-0.05, 0) is 23.6 Å². The molecule has 10 nitrogen and oxygen atoms in total. The second-order valence-electron chi connectivity index (χ2n) is 8.44. The van der Waals surface area contributed by atoms with Crippen LogP contribution in [-0.2, 0) is 26.6 Å². The lowest BCUT2D eigenvalue weighted by Crippen LogP contribution is -2.39. The highest BCUT2D eigenvalue weighted by atomic mass is 16.3. The molecular formula is C25H24N6O4. The predicted octanol–water partition coefficient (Wildman–Crippen LogP) is 1.66. The Morgan fingerprint density at radius 2 is 1.63 bits per heavy atom. The molecule has 4 heterocycles. The molecule has 5 aromatic rings. The fraction of sp³-hybridized carbons (Fsp3) is 0.240. The van der Waals surface area contributed by atoms with Crippen molar-refractivity contribution in [3.63, 3.8) is 0 Å². The van der Waals surface area contributed by atoms with Gasteiger partial charge in [0.1, 0.15) is 0 Å². The molecule has 5 rings (SSSR count). The lowest BCUT2D eigenvalue weighted by atomic mass is 10.1. The van der Waals surface area contributed by atoms with Gasteiger partial charge in [0.2, 0.25) is 11.7 Å². The fourth-order valence-electron chi connectivity index (χ4n) is 4.37. The maximum atomic E-state index is 13.6. The Morgan fingerprint density at radius 3 is 2.31 bits per heavy atom. The number of aryl methyl sites for hydroxylation is 1. The highest BCUT2D eigenvalue weighted by molar-refractivity contribution is 5.76. The first-order valence-electron chi connectivity index (χ1n) is 11.3. The number of hydrogen-bond donors (Lipinski definition) is 1. The molecule has 4 aromatic heterocycles. The molecule has 0 unspecified atom stereocenters. The minimum absolute atomic E-state index is 0.00868. The van der Waals surface area contributed by atoms with Crippen LogP contribution in [0.25, 0.3) is 16.9 Å². The number of imidazole rings is 1. The molecule has 10 heteroatoms. The second-order valence-corrected chi connectivity index (χ2v) is 8.44. The highest BCUT2D eigenvalue weighted by Gasteiger charge is 2.24. The average Bonchev–Trinajstić information content (AvgIpc) is 3.28. The summed E-state index contributed by atoms with van der Waals surface area (Å²) >= 11 is 0. The summed E-state index contributed by atoms with van der Waals surface area (Å²) in [6, 6.07) is 12.9. The third kappa shape index (κ3) is 3.63. The molecule has 0 radical (unpaired) electrons. The lowest BCUT2D eigenvalue weighted by molar-refractivity contribution is 0.433. The SMILES string of the molecule is CCCc1c(O)n2c3c(=O)n(Cc4cccnc4)c(=O)n(C)c3nc2n(Cc2ccccc2)c1=O. The zero-order valence-electron chi connectivity index (χ0n) is 19.4. The molecule has 178 valence electrons. The molecule has 0 saturated carbocycles. The molecule has 1 aromatic carbocycles. The molecule has 0 fully saturated rings. The molecule has 35 heavy (non-hydrogen) atoms. The van der Waals surface area contributed by atoms with Crippen molar-refractivity contribution in [1.82, 2.24) is 28.1 Å². The zero-order valence-corrected chi connectivity index (χ0v) is 19.4. The molecule has 0 atom stereocenters. The minimum Gasteiger partial charge on any atom is -0.494 e. The van der Waals surface area contributed by atoms with E-state index in [1.807, 2.05) is 37.3 Å². The van der Waals surface area contributed by atoms with Crippen LogP contribution in [0.3, 0.4) is 0 Å². The van der Waals surface area contributed by atoms with Gasteiger partial charge in [0.05, 0.1) is 18.7 Å². The largest absolute Gasteiger partial charge is 0.494 e. The Kier molecular flexibility index (Phi) is 5.56. The van der Waals surface area contributed by atoms with Gasteiger partial charge >= 0.3 is 5.69 Å². The van der Waals surface area contributed by atoms with E-state index in [9.17, 15) is 19.5 Å². The second kappa shape index (κ2) is 8.71. The summed E-state index contributed by atoms with van der Waals surface area (Å²) in [5.41, 5.74) is 0.313. The van der Waals surface area contributed by atoms with Gasteiger partial charge in [0.25, 0.3) is 11.1 Å². The number of aromatic hydroxyl groups is 1. The molecule has 0 aliphatic carbocycles. The zero-order chi connectivity index (χ0) is 24.7. The molecule has 1 N–H and O–H groups in total. The molecule has 0 bridgehead atoms. The van der Waals surface area contributed by atoms with Crippen LogP contribution in [0.2, 0.25) is 0 Å². The normalized spacial score (nSPS) is 11.5. The van der Waals surface area contributed by atoms with Gasteiger partial charge in [-0.3, -0.25) is 28.3 Å². The maximum Gasteiger partial charge on any atom is 0.332 e. The molecule has 0 aliphatic heterocycles. The van der Waals surface area contributed by atoms with E-state index in [0.717, 1.165) is 10.1 Å². The van der Waals surface area contributed by atoms with Gasteiger partial charge in [-0.25, -0.2) is 9.20 Å². The van der Waals surface area contributed by atoms with Crippen molar-refractivity contribution >= 4 is 16.9 Å². The van der Waals surface area contributed by atoms with Crippen molar-refractivity contribution < 1.29 is 5.11 Å². The van der Waals surface area contributed by atoms with Crippen molar-refractivity contribution in [3.05, 3.63) is 103 Å². The van der Waals surface area contributed by atoms with E-state index < -0.39 is 11.2 Å². The Morgan fingerprint density at radius 1 is 0.914 bits per heavy atom. The Labute approximate surface area is 199 Å². The van der Waals surface area contributed by atoms with Crippen LogP contribution in [0.1, 0.15) is 30.0 Å². The third-order valence-electron chi connectivity index (χ3n) is 6.10. The first kappa shape index (κ1) is 22.3. The van der Waals surface area contributed by atoms with Crippen LogP contribution in [-0.4, -0.2) is 33.2 Å². The van der Waals surface area contributed by atoms with E-state index in [1.165, 1.54) is 20.6 Å². The van der Waals surface area contributed by atoms with E-state index in [2.05, 4.69) is 9.97 Å². The summed E-state index contributed by atoms with van der Waals surface area (Å²) in [6.07, 6.45) is 4.14. The van der Waals surface area contributed by atoms with Gasteiger partial charge in [0.15, 0.2) is 11.2 Å². The number of fused-ring (bicyclic) bond motifs is 3. The number of nitrogens with zero attached hydrogens (tertiary/aromatic N) is 6. The van der Waals surface area contributed by atoms with Crippen LogP contribution < -0.4 is 16.8 Å². The summed E-state index contributed by atoms with van der Waals surface area (Å²) in [6.45, 7) is 2.11. The molecule has 0 aliphatic rings. The van der Waals surface area contributed by atoms with Crippen molar-refractivity contribution in [2.75, 3.05) is 0 Å². The van der Waals surface area contributed by atoms with Gasteiger partial charge < -0.3 is 5.11 Å². The van der Waals surface area contributed by atoms with Crippen molar-refractivity contribution in [3.8, 4) is 5.88 Å². The summed E-state index contributed by atoms with van der Waals surface area (Å²) in [5, 5.41) is 11.2. The van der Waals surface area contributed by atoms with Crippen LogP contribution in [0.15, 0.2) is 69.2 Å². The predicted molar refractivity (Wildman–Crippen MR) is 131 cm³/mol. The third-order valence-corrected chi connectivity index (χ3v) is 6.10. The Balaban J connectivity index is 1.87. The van der Waals surface area contributed by atoms with Gasteiger partial charge in [-0.1, -0.05) is 49.7 Å². The summed E-state index contributed by atoms with van der Waals surface area (Å²) in [4.78, 5) is 48.7. The van der Waals surface area contributed by atoms with Crippen molar-refractivity contribution in [1.29, 1.82) is 0 Å². The van der Waals surface area contributed by atoms with Gasteiger partial charge in [-0.15, -0.1) is 0 Å². The number of aromatic nitrogens is 6. The molecule has 0 saturated heterocycles. The fourth-order valence-corrected chi connectivity index (χ4v) is 4.37. The van der Waals surface area contributed by atoms with E-state index in [-0.39, 0.29) is 47.0 Å². The maximum absolute atomic E-state index is 13.6. The van der Waals surface area contributed by atoms with Gasteiger partial charge in [-0.2, -0.15) is 4.98 Å². The summed E-state index contributed by atoms with van der Waals surface area (Å²) < 4.78 is 5.08. The number of rotatable bonds is 6. The molecule has 0 spiro atoms. The highest BCUT2D eigenvalue weighted by Crippen LogP contribution is 2.22. The van der Waals surface area contributed by atoms with Crippen LogP contribution in [0.4, 0.5) is 0 Å². The Hall–Kier alpha value is -4.47. The quantitative estimate of drug-likeness (QED) is 0.402. The van der Waals surface area contributed by atoms with Crippen molar-refractivity contribution in [2.24, 2.45) is 7.05 Å². The summed E-state index contributed by atoms with van der Waals surface area (Å²) in [7, 11) is 1.51. The lowest BCUT2D eigenvalue weighted by Gasteiger charge is -2.13. The number of pyridine rings is 1. The number of hydrogen-bond acceptors (Lipinski definition) is 6. The van der Waals surface area contributed by atoms with Gasteiger partial charge in [0, 0.05) is 19.4 Å². The smallest absolute Gasteiger partial charge is 0.332 e. The molecular weight excluding hydrogens is 448 g/mol. The van der Waals surface area contributed by atoms with E-state index in [4.69, 9.17) is 0 Å². The number of benzene rings is 1. The average molecular weight is 473 g/mol. The first-order chi connectivity index (χ1) is 16.9. The Bertz CT molecular complexity index is 1730. The molecule has 0 amide bonds. The first-order valence-corrected chi connectivity index (χ1v) is 11.3. The summed E-state index contributed by atoms with van der Waals surface area (Å²) in [5.74, 6) is -0.236. The van der Waals surface area contributed by atoms with E-state index >= 15 is 0 Å². The standard InChI is InChI=1S/C25H24N6O4/c1-3-8-18-21(32)29(14-16-9-5-4-6-10-16)24-27-20-19(31(24)22(18)33)23(34)30(25(35)28(20)2)15-17-11-7-12-26-13-17/h4-7,9-13,33H,3,8,14-15H2,1-2H3. The topological polar surface area (TPSA) is 116 Å². The minimum atomic E-state index is -0.609. The van der Waals surface area contributed by atoms with Crippen LogP contribution in [0, 0.1) is 0 Å². The van der Waals surface area contributed by atoms with E-state index in [0.29, 0.717) is 18.4 Å². The van der Waals surface area contributed by atoms with E-state index in [1.54, 1.807) is 24.5 Å².